The van der Waals surface area contributed by atoms with Gasteiger partial charge >= 0.3 is 5.69 Å². The number of hydrazone groups is 1. The molecule has 0 aliphatic rings. The number of benzene rings is 2. The molecule has 0 aliphatic carbocycles. The highest BCUT2D eigenvalue weighted by molar-refractivity contribution is 5.84. The molecule has 9 heteroatoms. The number of carbonyl (C=O) groups excluding carboxylic acids is 1. The molecule has 0 unspecified atom stereocenters. The topological polar surface area (TPSA) is 114 Å². The van der Waals surface area contributed by atoms with E-state index in [1.165, 1.54) is 30.5 Å². The first-order valence-electron chi connectivity index (χ1n) is 6.63. The zero-order chi connectivity index (χ0) is 17.5. The monoisotopic (exact) mass is 333 g/mol. The van der Waals surface area contributed by atoms with Crippen LogP contribution < -0.4 is 10.2 Å². The highest BCUT2D eigenvalue weighted by Gasteiger charge is 2.12. The van der Waals surface area contributed by atoms with Gasteiger partial charge in [0.1, 0.15) is 11.6 Å². The van der Waals surface area contributed by atoms with E-state index in [0.29, 0.717) is 5.56 Å². The van der Waals surface area contributed by atoms with Gasteiger partial charge in [-0.1, -0.05) is 6.07 Å². The lowest BCUT2D eigenvalue weighted by Gasteiger charge is -2.04. The smallest absolute Gasteiger partial charge is 0.311 e. The number of carbonyl (C=O) groups is 1. The van der Waals surface area contributed by atoms with Crippen molar-refractivity contribution in [2.75, 3.05) is 6.61 Å². The normalized spacial score (nSPS) is 10.5. The van der Waals surface area contributed by atoms with Crippen LogP contribution in [-0.4, -0.2) is 28.8 Å². The van der Waals surface area contributed by atoms with E-state index in [-0.39, 0.29) is 12.4 Å². The zero-order valence-electron chi connectivity index (χ0n) is 12.2. The Balaban J connectivity index is 1.88. The molecule has 0 fully saturated rings. The number of ether oxygens (including phenoxy) is 1. The minimum atomic E-state index is -0.738. The fourth-order valence-corrected chi connectivity index (χ4v) is 1.68. The van der Waals surface area contributed by atoms with Crippen molar-refractivity contribution in [3.05, 3.63) is 64.0 Å². The van der Waals surface area contributed by atoms with Crippen molar-refractivity contribution in [2.45, 2.75) is 0 Å². The molecule has 2 rings (SSSR count). The van der Waals surface area contributed by atoms with Gasteiger partial charge in [-0.2, -0.15) is 5.10 Å². The van der Waals surface area contributed by atoms with Crippen molar-refractivity contribution in [2.24, 2.45) is 5.10 Å². The summed E-state index contributed by atoms with van der Waals surface area (Å²) in [5.41, 5.74) is 2.00. The Kier molecular flexibility index (Phi) is 5.40. The maximum absolute atomic E-state index is 12.9. The van der Waals surface area contributed by atoms with Crippen LogP contribution in [0, 0.1) is 15.9 Å². The van der Waals surface area contributed by atoms with Crippen LogP contribution in [0.5, 0.6) is 11.5 Å². The molecule has 0 bridgehead atoms. The molecule has 0 radical (unpaired) electrons. The van der Waals surface area contributed by atoms with Crippen LogP contribution in [-0.2, 0) is 4.79 Å². The van der Waals surface area contributed by atoms with E-state index in [0.717, 1.165) is 18.2 Å². The molecule has 0 aromatic heterocycles. The molecule has 0 saturated carbocycles. The van der Waals surface area contributed by atoms with E-state index in [4.69, 9.17) is 4.74 Å². The lowest BCUT2D eigenvalue weighted by Crippen LogP contribution is -2.24. The van der Waals surface area contributed by atoms with Gasteiger partial charge < -0.3 is 9.84 Å². The zero-order valence-corrected chi connectivity index (χ0v) is 12.2. The summed E-state index contributed by atoms with van der Waals surface area (Å²) in [6.45, 7) is -0.378. The summed E-state index contributed by atoms with van der Waals surface area (Å²) in [6.07, 6.45) is 1.17. The fraction of sp³-hybridized carbons (Fsp3) is 0.0667. The number of nitro benzene ring substituents is 1. The van der Waals surface area contributed by atoms with Gasteiger partial charge in [0.2, 0.25) is 0 Å². The van der Waals surface area contributed by atoms with Gasteiger partial charge in [-0.05, 0) is 24.3 Å². The lowest BCUT2D eigenvalue weighted by atomic mass is 10.2. The number of nitro groups is 1. The third-order valence-electron chi connectivity index (χ3n) is 2.77. The second-order valence-corrected chi connectivity index (χ2v) is 4.54. The first kappa shape index (κ1) is 16.9. The predicted octanol–water partition coefficient (Wildman–Crippen LogP) is 1.97. The molecule has 0 heterocycles. The Morgan fingerprint density at radius 3 is 2.88 bits per heavy atom. The van der Waals surface area contributed by atoms with Gasteiger partial charge in [0, 0.05) is 17.7 Å². The van der Waals surface area contributed by atoms with Crippen molar-refractivity contribution < 1.29 is 24.0 Å². The van der Waals surface area contributed by atoms with Crippen LogP contribution >= 0.6 is 0 Å². The average Bonchev–Trinajstić information content (AvgIpc) is 2.54. The summed E-state index contributed by atoms with van der Waals surface area (Å²) in [6, 6.07) is 8.96. The number of amides is 1. The molecule has 0 saturated heterocycles. The highest BCUT2D eigenvalue weighted by Crippen LogP contribution is 2.25. The minimum Gasteiger partial charge on any atom is -0.502 e. The van der Waals surface area contributed by atoms with Gasteiger partial charge in [0.15, 0.2) is 12.4 Å². The van der Waals surface area contributed by atoms with E-state index in [9.17, 15) is 24.4 Å². The van der Waals surface area contributed by atoms with Gasteiger partial charge in [0.25, 0.3) is 5.91 Å². The number of nitrogens with zero attached hydrogens (tertiary/aromatic N) is 2. The lowest BCUT2D eigenvalue weighted by molar-refractivity contribution is -0.385. The molecular formula is C15H12FN3O5. The minimum absolute atomic E-state index is 0.197. The van der Waals surface area contributed by atoms with Gasteiger partial charge in [-0.3, -0.25) is 14.9 Å². The number of hydrogen-bond acceptors (Lipinski definition) is 6. The predicted molar refractivity (Wildman–Crippen MR) is 82.4 cm³/mol. The molecule has 24 heavy (non-hydrogen) atoms. The van der Waals surface area contributed by atoms with Gasteiger partial charge in [-0.25, -0.2) is 9.82 Å². The van der Waals surface area contributed by atoms with E-state index in [1.807, 2.05) is 0 Å². The van der Waals surface area contributed by atoms with Crippen LogP contribution in [0.15, 0.2) is 47.6 Å². The first-order valence-corrected chi connectivity index (χ1v) is 6.63. The first-order chi connectivity index (χ1) is 11.5. The van der Waals surface area contributed by atoms with Crippen molar-refractivity contribution in [3.63, 3.8) is 0 Å². The molecule has 1 amide bonds. The van der Waals surface area contributed by atoms with E-state index in [1.54, 1.807) is 0 Å². The maximum atomic E-state index is 12.9. The Hall–Kier alpha value is -3.49. The number of hydrogen-bond donors (Lipinski definition) is 2. The Morgan fingerprint density at radius 2 is 2.17 bits per heavy atom. The molecular weight excluding hydrogens is 321 g/mol. The molecule has 0 spiro atoms. The Bertz CT molecular complexity index is 794. The van der Waals surface area contributed by atoms with Crippen LogP contribution in [0.3, 0.4) is 0 Å². The summed E-state index contributed by atoms with van der Waals surface area (Å²) < 4.78 is 18.0. The molecule has 0 atom stereocenters. The summed E-state index contributed by atoms with van der Waals surface area (Å²) >= 11 is 0. The SMILES string of the molecule is O=C(COc1cccc(F)c1)N/N=C\c1ccc(O)c([N+](=O)[O-])c1. The van der Waals surface area contributed by atoms with Crippen molar-refractivity contribution in [3.8, 4) is 11.5 Å². The molecule has 2 aromatic carbocycles. The summed E-state index contributed by atoms with van der Waals surface area (Å²) in [4.78, 5) is 21.5. The standard InChI is InChI=1S/C15H12FN3O5/c16-11-2-1-3-12(7-11)24-9-15(21)18-17-8-10-4-5-14(20)13(6-10)19(22)23/h1-8,20H,9H2,(H,18,21)/b17-8-. The number of halogens is 1. The van der Waals surface area contributed by atoms with Gasteiger partial charge in [-0.15, -0.1) is 0 Å². The number of aromatic hydroxyl groups is 1. The van der Waals surface area contributed by atoms with Crippen LogP contribution in [0.1, 0.15) is 5.56 Å². The van der Waals surface area contributed by atoms with Crippen LogP contribution in [0.4, 0.5) is 10.1 Å². The number of rotatable bonds is 6. The van der Waals surface area contributed by atoms with Gasteiger partial charge in [0.05, 0.1) is 11.1 Å². The molecule has 2 N–H and O–H groups in total. The largest absolute Gasteiger partial charge is 0.502 e. The van der Waals surface area contributed by atoms with Crippen LogP contribution in [0.25, 0.3) is 0 Å². The Labute approximate surface area is 135 Å². The third kappa shape index (κ3) is 4.77. The van der Waals surface area contributed by atoms with Crippen molar-refractivity contribution in [1.29, 1.82) is 0 Å². The number of phenolic OH excluding ortho intramolecular Hbond substituents is 1. The van der Waals surface area contributed by atoms with Crippen LogP contribution in [0.2, 0.25) is 0 Å². The summed E-state index contributed by atoms with van der Waals surface area (Å²) in [5, 5.41) is 23.6. The molecule has 0 aliphatic heterocycles. The molecule has 124 valence electrons. The van der Waals surface area contributed by atoms with E-state index < -0.39 is 28.1 Å². The number of phenols is 1. The Morgan fingerprint density at radius 1 is 1.38 bits per heavy atom. The second kappa shape index (κ2) is 7.68. The highest BCUT2D eigenvalue weighted by atomic mass is 19.1. The van der Waals surface area contributed by atoms with Crippen molar-refractivity contribution in [1.82, 2.24) is 5.43 Å². The number of nitrogens with one attached hydrogen (secondary N) is 1. The van der Waals surface area contributed by atoms with Crippen molar-refractivity contribution >= 4 is 17.8 Å². The maximum Gasteiger partial charge on any atom is 0.311 e. The summed E-state index contributed by atoms with van der Waals surface area (Å²) in [5.74, 6) is -1.35. The third-order valence-corrected chi connectivity index (χ3v) is 2.77. The van der Waals surface area contributed by atoms with E-state index >= 15 is 0 Å². The summed E-state index contributed by atoms with van der Waals surface area (Å²) in [7, 11) is 0. The quantitative estimate of drug-likeness (QED) is 0.476. The molecule has 2 aromatic rings. The van der Waals surface area contributed by atoms with E-state index in [2.05, 4.69) is 10.5 Å². The average molecular weight is 333 g/mol. The second-order valence-electron chi connectivity index (χ2n) is 4.54. The molecule has 8 nitrogen and oxygen atoms in total. The fourth-order valence-electron chi connectivity index (χ4n) is 1.68.